The fourth-order valence-electron chi connectivity index (χ4n) is 5.87. The third-order valence-corrected chi connectivity index (χ3v) is 10.1. The highest BCUT2D eigenvalue weighted by Crippen LogP contribution is 2.39. The van der Waals surface area contributed by atoms with Crippen molar-refractivity contribution in [3.05, 3.63) is 94.2 Å². The molecule has 5 nitrogen and oxygen atoms in total. The number of piperidine rings is 1. The molecular weight excluding hydrogens is 480 g/mol. The average molecular weight is 517 g/mol. The number of hydrogen-bond donors (Lipinski definition) is 0. The van der Waals surface area contributed by atoms with E-state index in [1.165, 1.54) is 27.7 Å². The number of aromatic nitrogens is 1. The summed E-state index contributed by atoms with van der Waals surface area (Å²) in [5.74, 6) is 1.18. The lowest BCUT2D eigenvalue weighted by atomic mass is 9.88. The smallest absolute Gasteiger partial charge is 0.243 e. The second kappa shape index (κ2) is 9.99. The number of sulfonamides is 1. The van der Waals surface area contributed by atoms with Gasteiger partial charge in [0, 0.05) is 36.2 Å². The summed E-state index contributed by atoms with van der Waals surface area (Å²) >= 11 is 0. The summed E-state index contributed by atoms with van der Waals surface area (Å²) in [4.78, 5) is 0.445. The Hall–Kier alpha value is -3.09. The molecule has 1 aliphatic rings. The highest BCUT2D eigenvalue weighted by atomic mass is 32.2. The minimum atomic E-state index is -3.52. The largest absolute Gasteiger partial charge is 0.497 e. The number of aryl methyl sites for hydroxylation is 3. The van der Waals surface area contributed by atoms with Crippen molar-refractivity contribution in [2.45, 2.75) is 57.9 Å². The molecule has 3 aromatic carbocycles. The third kappa shape index (κ3) is 4.69. The van der Waals surface area contributed by atoms with Gasteiger partial charge in [0.25, 0.3) is 0 Å². The molecule has 0 N–H and O–H groups in total. The number of fused-ring (bicyclic) bond motifs is 1. The van der Waals surface area contributed by atoms with E-state index in [-0.39, 0.29) is 0 Å². The van der Waals surface area contributed by atoms with Crippen LogP contribution in [0.4, 0.5) is 0 Å². The minimum absolute atomic E-state index is 0.323. The molecule has 0 saturated carbocycles. The van der Waals surface area contributed by atoms with Crippen LogP contribution in [0.3, 0.4) is 0 Å². The van der Waals surface area contributed by atoms with Gasteiger partial charge in [-0.25, -0.2) is 8.42 Å². The van der Waals surface area contributed by atoms with Gasteiger partial charge in [-0.2, -0.15) is 4.31 Å². The molecule has 1 aromatic heterocycles. The Bertz CT molecular complexity index is 1560. The topological polar surface area (TPSA) is 51.5 Å². The first-order valence-corrected chi connectivity index (χ1v) is 14.4. The Kier molecular flexibility index (Phi) is 6.90. The fraction of sp³-hybridized carbons (Fsp3) is 0.355. The number of para-hydroxylation sites is 1. The monoisotopic (exact) mass is 516 g/mol. The molecule has 1 fully saturated rings. The maximum absolute atomic E-state index is 13.6. The quantitative estimate of drug-likeness (QED) is 0.294. The summed E-state index contributed by atoms with van der Waals surface area (Å²) in [5, 5.41) is 1.27. The van der Waals surface area contributed by atoms with Gasteiger partial charge in [-0.3, -0.25) is 0 Å². The minimum Gasteiger partial charge on any atom is -0.497 e. The first-order valence-electron chi connectivity index (χ1n) is 13.0. The van der Waals surface area contributed by atoms with Gasteiger partial charge in [-0.15, -0.1) is 0 Å². The summed E-state index contributed by atoms with van der Waals surface area (Å²) < 4.78 is 36.6. The Morgan fingerprint density at radius 3 is 2.30 bits per heavy atom. The van der Waals surface area contributed by atoms with E-state index in [1.54, 1.807) is 11.4 Å². The van der Waals surface area contributed by atoms with Gasteiger partial charge in [-0.05, 0) is 98.5 Å². The van der Waals surface area contributed by atoms with Gasteiger partial charge < -0.3 is 9.30 Å². The lowest BCUT2D eigenvalue weighted by Gasteiger charge is -2.32. The molecule has 5 rings (SSSR count). The number of benzene rings is 3. The van der Waals surface area contributed by atoms with E-state index in [0.29, 0.717) is 23.9 Å². The van der Waals surface area contributed by atoms with Crippen molar-refractivity contribution in [1.82, 2.24) is 8.87 Å². The van der Waals surface area contributed by atoms with Crippen molar-refractivity contribution in [2.75, 3.05) is 20.2 Å². The molecule has 0 bridgehead atoms. The van der Waals surface area contributed by atoms with E-state index in [0.717, 1.165) is 41.8 Å². The summed E-state index contributed by atoms with van der Waals surface area (Å²) in [6, 6.07) is 20.6. The highest BCUT2D eigenvalue weighted by molar-refractivity contribution is 7.89. The van der Waals surface area contributed by atoms with Gasteiger partial charge in [0.2, 0.25) is 10.0 Å². The van der Waals surface area contributed by atoms with E-state index < -0.39 is 10.0 Å². The van der Waals surface area contributed by atoms with E-state index in [2.05, 4.69) is 47.9 Å². The van der Waals surface area contributed by atoms with E-state index in [1.807, 2.05) is 45.0 Å². The lowest BCUT2D eigenvalue weighted by Crippen LogP contribution is -2.38. The van der Waals surface area contributed by atoms with Crippen molar-refractivity contribution in [1.29, 1.82) is 0 Å². The van der Waals surface area contributed by atoms with Crippen molar-refractivity contribution in [3.63, 3.8) is 0 Å². The van der Waals surface area contributed by atoms with Crippen LogP contribution < -0.4 is 4.74 Å². The van der Waals surface area contributed by atoms with Crippen LogP contribution in [-0.4, -0.2) is 37.5 Å². The summed E-state index contributed by atoms with van der Waals surface area (Å²) in [6.07, 6.45) is 1.63. The van der Waals surface area contributed by atoms with Crippen molar-refractivity contribution >= 4 is 20.9 Å². The molecule has 0 spiro atoms. The normalized spacial score (nSPS) is 15.4. The van der Waals surface area contributed by atoms with Gasteiger partial charge in [0.15, 0.2) is 0 Å². The molecule has 0 radical (unpaired) electrons. The van der Waals surface area contributed by atoms with Crippen molar-refractivity contribution in [2.24, 2.45) is 0 Å². The van der Waals surface area contributed by atoms with Crippen LogP contribution in [0.15, 0.2) is 65.6 Å². The van der Waals surface area contributed by atoms with E-state index in [4.69, 9.17) is 4.74 Å². The Labute approximate surface area is 220 Å². The third-order valence-electron chi connectivity index (χ3n) is 8.03. The fourth-order valence-corrected chi connectivity index (χ4v) is 7.63. The van der Waals surface area contributed by atoms with Gasteiger partial charge in [0.1, 0.15) is 5.75 Å². The van der Waals surface area contributed by atoms with Crippen LogP contribution in [0, 0.1) is 27.7 Å². The highest BCUT2D eigenvalue weighted by Gasteiger charge is 2.33. The first kappa shape index (κ1) is 25.6. The first-order chi connectivity index (χ1) is 17.7. The predicted molar refractivity (Wildman–Crippen MR) is 150 cm³/mol. The predicted octanol–water partition coefficient (Wildman–Crippen LogP) is 6.50. The standard InChI is InChI=1S/C31H36N2O3S/c1-21-17-23(3)30(18-22(21)2)37(34,35)32-15-13-26(14-16-32)31-24(4)33(29-12-7-6-11-28(29)31)20-25-9-8-10-27(19-25)36-5/h6-12,17-19,26H,13-16,20H2,1-5H3. The SMILES string of the molecule is COc1cccc(Cn2c(C)c(C3CCN(S(=O)(=O)c4cc(C)c(C)cc4C)CC3)c3ccccc32)c1. The van der Waals surface area contributed by atoms with Crippen LogP contribution in [-0.2, 0) is 16.6 Å². The number of nitrogens with zero attached hydrogens (tertiary/aromatic N) is 2. The van der Waals surface area contributed by atoms with Crippen LogP contribution in [0.2, 0.25) is 0 Å². The Morgan fingerprint density at radius 1 is 0.865 bits per heavy atom. The maximum atomic E-state index is 13.6. The zero-order chi connectivity index (χ0) is 26.3. The molecular formula is C31H36N2O3S. The Balaban J connectivity index is 1.43. The van der Waals surface area contributed by atoms with Gasteiger partial charge in [-0.1, -0.05) is 36.4 Å². The molecule has 0 amide bonds. The molecule has 6 heteroatoms. The molecule has 0 aliphatic carbocycles. The molecule has 2 heterocycles. The van der Waals surface area contributed by atoms with Crippen LogP contribution in [0.5, 0.6) is 5.75 Å². The molecule has 1 aliphatic heterocycles. The molecule has 0 unspecified atom stereocenters. The zero-order valence-corrected chi connectivity index (χ0v) is 23.2. The number of ether oxygens (including phenoxy) is 1. The Morgan fingerprint density at radius 2 is 1.57 bits per heavy atom. The lowest BCUT2D eigenvalue weighted by molar-refractivity contribution is 0.319. The van der Waals surface area contributed by atoms with E-state index in [9.17, 15) is 8.42 Å². The maximum Gasteiger partial charge on any atom is 0.243 e. The summed E-state index contributed by atoms with van der Waals surface area (Å²) in [5.41, 5.74) is 7.99. The summed E-state index contributed by atoms with van der Waals surface area (Å²) in [6.45, 7) is 9.94. The van der Waals surface area contributed by atoms with Crippen LogP contribution in [0.25, 0.3) is 10.9 Å². The summed E-state index contributed by atoms with van der Waals surface area (Å²) in [7, 11) is -1.82. The second-order valence-corrected chi connectivity index (χ2v) is 12.2. The zero-order valence-electron chi connectivity index (χ0n) is 22.4. The van der Waals surface area contributed by atoms with Gasteiger partial charge in [0.05, 0.1) is 12.0 Å². The van der Waals surface area contributed by atoms with Gasteiger partial charge >= 0.3 is 0 Å². The molecule has 1 saturated heterocycles. The average Bonchev–Trinajstić information content (AvgIpc) is 3.17. The molecule has 0 atom stereocenters. The van der Waals surface area contributed by atoms with Crippen molar-refractivity contribution < 1.29 is 13.2 Å². The molecule has 37 heavy (non-hydrogen) atoms. The van der Waals surface area contributed by atoms with Crippen molar-refractivity contribution in [3.8, 4) is 5.75 Å². The second-order valence-electron chi connectivity index (χ2n) is 10.3. The molecule has 194 valence electrons. The number of methoxy groups -OCH3 is 1. The van der Waals surface area contributed by atoms with E-state index >= 15 is 0 Å². The van der Waals surface area contributed by atoms with Crippen LogP contribution >= 0.6 is 0 Å². The number of hydrogen-bond acceptors (Lipinski definition) is 3. The molecule has 4 aromatic rings. The number of rotatable bonds is 6. The van der Waals surface area contributed by atoms with Crippen LogP contribution in [0.1, 0.15) is 52.3 Å².